The number of aryl methyl sites for hydroxylation is 1. The number of hydrogen-bond donors (Lipinski definition) is 1. The lowest BCUT2D eigenvalue weighted by molar-refractivity contribution is 0.682. The Morgan fingerprint density at radius 2 is 2.22 bits per heavy atom. The molecule has 1 heterocycles. The van der Waals surface area contributed by atoms with Crippen LogP contribution in [-0.2, 0) is 6.54 Å². The highest BCUT2D eigenvalue weighted by atomic mass is 32.2. The van der Waals surface area contributed by atoms with Gasteiger partial charge in [0, 0.05) is 37.6 Å². The maximum absolute atomic E-state index is 4.70. The highest BCUT2D eigenvalue weighted by molar-refractivity contribution is 7.98. The Balaban J connectivity index is 1.94. The summed E-state index contributed by atoms with van der Waals surface area (Å²) < 4.78 is 0. The molecule has 1 fully saturated rings. The van der Waals surface area contributed by atoms with Gasteiger partial charge in [0.1, 0.15) is 5.82 Å². The molecule has 1 aliphatic rings. The Hall–Kier alpha value is -0.740. The molecule has 0 spiro atoms. The topological polar surface area (TPSA) is 28.2 Å². The third-order valence-corrected chi connectivity index (χ3v) is 3.95. The molecule has 1 N–H and O–H groups in total. The zero-order valence-electron chi connectivity index (χ0n) is 11.6. The molecule has 0 atom stereocenters. The third kappa shape index (κ3) is 3.89. The summed E-state index contributed by atoms with van der Waals surface area (Å²) in [6, 6.07) is 5.10. The summed E-state index contributed by atoms with van der Waals surface area (Å²) in [6.45, 7) is 4.11. The van der Waals surface area contributed by atoms with Crippen molar-refractivity contribution < 1.29 is 0 Å². The zero-order chi connectivity index (χ0) is 13.0. The molecule has 0 aromatic carbocycles. The van der Waals surface area contributed by atoms with Crippen LogP contribution in [0.1, 0.15) is 24.1 Å². The van der Waals surface area contributed by atoms with Crippen LogP contribution in [0.25, 0.3) is 0 Å². The van der Waals surface area contributed by atoms with Gasteiger partial charge in [-0.05, 0) is 37.7 Å². The normalized spacial score (nSPS) is 14.8. The summed E-state index contributed by atoms with van der Waals surface area (Å²) in [6.07, 6.45) is 4.81. The quantitative estimate of drug-likeness (QED) is 0.819. The van der Waals surface area contributed by atoms with E-state index in [1.165, 1.54) is 18.4 Å². The van der Waals surface area contributed by atoms with Gasteiger partial charge in [-0.25, -0.2) is 4.98 Å². The minimum atomic E-state index is 0.758. The number of pyridine rings is 1. The Bertz CT molecular complexity index is 391. The van der Waals surface area contributed by atoms with Gasteiger partial charge in [0.2, 0.25) is 0 Å². The van der Waals surface area contributed by atoms with E-state index in [1.807, 2.05) is 11.8 Å². The molecular formula is C14H23N3S. The fraction of sp³-hybridized carbons (Fsp3) is 0.643. The summed E-state index contributed by atoms with van der Waals surface area (Å²) in [4.78, 5) is 6.92. The van der Waals surface area contributed by atoms with Crippen molar-refractivity contribution in [1.29, 1.82) is 0 Å². The molecule has 0 amide bonds. The highest BCUT2D eigenvalue weighted by Crippen LogP contribution is 2.20. The lowest BCUT2D eigenvalue weighted by atomic mass is 10.2. The second-order valence-corrected chi connectivity index (χ2v) is 5.97. The van der Waals surface area contributed by atoms with E-state index in [9.17, 15) is 0 Å². The van der Waals surface area contributed by atoms with Crippen molar-refractivity contribution in [2.75, 3.05) is 30.5 Å². The van der Waals surface area contributed by atoms with Crippen molar-refractivity contribution in [3.8, 4) is 0 Å². The van der Waals surface area contributed by atoms with Gasteiger partial charge in [-0.1, -0.05) is 6.07 Å². The second kappa shape index (κ2) is 6.43. The van der Waals surface area contributed by atoms with E-state index in [0.29, 0.717) is 0 Å². The lowest BCUT2D eigenvalue weighted by Crippen LogP contribution is -2.22. The predicted molar refractivity (Wildman–Crippen MR) is 80.5 cm³/mol. The molecule has 0 saturated heterocycles. The van der Waals surface area contributed by atoms with Crippen molar-refractivity contribution in [3.63, 3.8) is 0 Å². The summed E-state index contributed by atoms with van der Waals surface area (Å²) >= 11 is 1.87. The first-order chi connectivity index (χ1) is 8.70. The molecule has 0 unspecified atom stereocenters. The Kier molecular flexibility index (Phi) is 4.89. The standard InChI is InChI=1S/C14H23N3S/c1-11-12(10-15-13-5-6-13)4-7-14(16-11)17(2)8-9-18-3/h4,7,13,15H,5-6,8-10H2,1-3H3. The maximum atomic E-state index is 4.70. The molecule has 2 rings (SSSR count). The van der Waals surface area contributed by atoms with Crippen molar-refractivity contribution in [2.24, 2.45) is 0 Å². The van der Waals surface area contributed by atoms with E-state index in [2.05, 4.69) is 42.6 Å². The Labute approximate surface area is 114 Å². The molecule has 1 aliphatic carbocycles. The van der Waals surface area contributed by atoms with Crippen molar-refractivity contribution in [3.05, 3.63) is 23.4 Å². The first-order valence-electron chi connectivity index (χ1n) is 6.60. The van der Waals surface area contributed by atoms with Crippen LogP contribution in [0.3, 0.4) is 0 Å². The van der Waals surface area contributed by atoms with E-state index in [-0.39, 0.29) is 0 Å². The molecule has 18 heavy (non-hydrogen) atoms. The van der Waals surface area contributed by atoms with Crippen LogP contribution in [0.2, 0.25) is 0 Å². The van der Waals surface area contributed by atoms with Gasteiger partial charge in [0.05, 0.1) is 0 Å². The third-order valence-electron chi connectivity index (χ3n) is 3.36. The summed E-state index contributed by atoms with van der Waals surface area (Å²) in [5.74, 6) is 2.22. The molecule has 1 saturated carbocycles. The van der Waals surface area contributed by atoms with E-state index in [1.54, 1.807) is 0 Å². The van der Waals surface area contributed by atoms with Crippen LogP contribution < -0.4 is 10.2 Å². The van der Waals surface area contributed by atoms with E-state index in [4.69, 9.17) is 4.98 Å². The monoisotopic (exact) mass is 265 g/mol. The molecule has 0 bridgehead atoms. The molecule has 0 radical (unpaired) electrons. The smallest absolute Gasteiger partial charge is 0.128 e. The Morgan fingerprint density at radius 1 is 1.44 bits per heavy atom. The fourth-order valence-electron chi connectivity index (χ4n) is 1.86. The SMILES string of the molecule is CSCCN(C)c1ccc(CNC2CC2)c(C)n1. The van der Waals surface area contributed by atoms with Crippen LogP contribution in [0.4, 0.5) is 5.82 Å². The summed E-state index contributed by atoms with van der Waals surface area (Å²) in [7, 11) is 2.11. The van der Waals surface area contributed by atoms with Crippen LogP contribution in [0.5, 0.6) is 0 Å². The number of anilines is 1. The van der Waals surface area contributed by atoms with Gasteiger partial charge >= 0.3 is 0 Å². The summed E-state index contributed by atoms with van der Waals surface area (Å²) in [5.41, 5.74) is 2.47. The number of nitrogens with one attached hydrogen (secondary N) is 1. The maximum Gasteiger partial charge on any atom is 0.128 e. The number of rotatable bonds is 7. The van der Waals surface area contributed by atoms with Gasteiger partial charge in [0.15, 0.2) is 0 Å². The minimum absolute atomic E-state index is 0.758. The predicted octanol–water partition coefficient (Wildman–Crippen LogP) is 2.44. The van der Waals surface area contributed by atoms with Crippen LogP contribution in [0, 0.1) is 6.92 Å². The Morgan fingerprint density at radius 3 is 2.83 bits per heavy atom. The van der Waals surface area contributed by atoms with Crippen LogP contribution in [0.15, 0.2) is 12.1 Å². The average molecular weight is 265 g/mol. The first-order valence-corrected chi connectivity index (χ1v) is 8.00. The van der Waals surface area contributed by atoms with Gasteiger partial charge < -0.3 is 10.2 Å². The van der Waals surface area contributed by atoms with E-state index in [0.717, 1.165) is 36.4 Å². The molecule has 4 heteroatoms. The number of thioether (sulfide) groups is 1. The molecular weight excluding hydrogens is 242 g/mol. The van der Waals surface area contributed by atoms with Gasteiger partial charge in [-0.3, -0.25) is 0 Å². The van der Waals surface area contributed by atoms with Crippen LogP contribution >= 0.6 is 11.8 Å². The molecule has 1 aromatic rings. The van der Waals surface area contributed by atoms with E-state index >= 15 is 0 Å². The van der Waals surface area contributed by atoms with Crippen LogP contribution in [-0.4, -0.2) is 36.6 Å². The molecule has 0 aliphatic heterocycles. The van der Waals surface area contributed by atoms with Crippen molar-refractivity contribution in [2.45, 2.75) is 32.4 Å². The second-order valence-electron chi connectivity index (χ2n) is 4.98. The summed E-state index contributed by atoms with van der Waals surface area (Å²) in [5, 5.41) is 3.54. The molecule has 100 valence electrons. The average Bonchev–Trinajstić information content (AvgIpc) is 3.18. The minimum Gasteiger partial charge on any atom is -0.359 e. The van der Waals surface area contributed by atoms with Gasteiger partial charge in [-0.2, -0.15) is 11.8 Å². The molecule has 3 nitrogen and oxygen atoms in total. The first kappa shape index (κ1) is 13.7. The number of aromatic nitrogens is 1. The largest absolute Gasteiger partial charge is 0.359 e. The highest BCUT2D eigenvalue weighted by Gasteiger charge is 2.20. The van der Waals surface area contributed by atoms with Gasteiger partial charge in [0.25, 0.3) is 0 Å². The molecule has 1 aromatic heterocycles. The van der Waals surface area contributed by atoms with Gasteiger partial charge in [-0.15, -0.1) is 0 Å². The number of hydrogen-bond acceptors (Lipinski definition) is 4. The van der Waals surface area contributed by atoms with Crippen molar-refractivity contribution >= 4 is 17.6 Å². The van der Waals surface area contributed by atoms with E-state index < -0.39 is 0 Å². The lowest BCUT2D eigenvalue weighted by Gasteiger charge is -2.19. The number of nitrogens with zero attached hydrogens (tertiary/aromatic N) is 2. The van der Waals surface area contributed by atoms with Crippen molar-refractivity contribution in [1.82, 2.24) is 10.3 Å². The zero-order valence-corrected chi connectivity index (χ0v) is 12.4. The fourth-order valence-corrected chi connectivity index (χ4v) is 2.32.